The summed E-state index contributed by atoms with van der Waals surface area (Å²) in [6.07, 6.45) is 8.19. The lowest BCUT2D eigenvalue weighted by Crippen LogP contribution is -2.24. The molecule has 1 amide bonds. The second kappa shape index (κ2) is 16.8. The van der Waals surface area contributed by atoms with E-state index in [1.165, 1.54) is 34.3 Å². The monoisotopic (exact) mass is 744 g/mol. The zero-order valence-corrected chi connectivity index (χ0v) is 28.8. The second-order valence-corrected chi connectivity index (χ2v) is 13.4. The molecule has 1 aliphatic carbocycles. The molecule has 51 heavy (non-hydrogen) atoms. The molecule has 4 N–H and O–H groups in total. The van der Waals surface area contributed by atoms with E-state index >= 15 is 0 Å². The Hall–Kier alpha value is -4.95. The van der Waals surface area contributed by atoms with Crippen molar-refractivity contribution in [3.63, 3.8) is 0 Å². The van der Waals surface area contributed by atoms with Crippen LogP contribution < -0.4 is 11.1 Å². The third-order valence-corrected chi connectivity index (χ3v) is 9.38. The standard InChI is InChI=1S/C26H28F2N8O4S.C6H6O3S/c1-2-39-17-5-3-16(4-6-17)36-12-19(24(34-36)23-18(27)7-8-21(28)33-23)31-25(38)20-13-41-26(32-20)15-10-30-35(11-15)14-40-22(37)9-29;7-10(8,9)6-4-2-1-3-5-6/h7-8,10-13,16-17H,2-6,9,14,29H2,1H3,(H,31,38);1-5H,(H,7,8,9). The molecule has 0 saturated heterocycles. The molecule has 19 heteroatoms. The van der Waals surface area contributed by atoms with Gasteiger partial charge in [0, 0.05) is 29.9 Å². The van der Waals surface area contributed by atoms with E-state index in [-0.39, 0.29) is 53.1 Å². The van der Waals surface area contributed by atoms with Gasteiger partial charge in [-0.15, -0.1) is 11.3 Å². The normalized spacial score (nSPS) is 15.9. The zero-order valence-electron chi connectivity index (χ0n) is 27.2. The van der Waals surface area contributed by atoms with Crippen molar-refractivity contribution in [2.75, 3.05) is 18.5 Å². The van der Waals surface area contributed by atoms with Gasteiger partial charge in [-0.05, 0) is 56.9 Å². The minimum atomic E-state index is -4.00. The number of thiazole rings is 1. The van der Waals surface area contributed by atoms with Crippen molar-refractivity contribution in [2.24, 2.45) is 5.73 Å². The Labute approximate surface area is 295 Å². The number of ether oxygens (including phenoxy) is 2. The van der Waals surface area contributed by atoms with Crippen LogP contribution in [0.1, 0.15) is 49.1 Å². The summed E-state index contributed by atoms with van der Waals surface area (Å²) in [5, 5.41) is 13.5. The van der Waals surface area contributed by atoms with Crippen molar-refractivity contribution in [2.45, 2.75) is 56.4 Å². The van der Waals surface area contributed by atoms with Gasteiger partial charge in [0.15, 0.2) is 12.5 Å². The highest BCUT2D eigenvalue weighted by Gasteiger charge is 2.27. The quantitative estimate of drug-likeness (QED) is 0.0956. The smallest absolute Gasteiger partial charge is 0.321 e. The van der Waals surface area contributed by atoms with Gasteiger partial charge in [-0.2, -0.15) is 23.0 Å². The maximum Gasteiger partial charge on any atom is 0.321 e. The van der Waals surface area contributed by atoms with Gasteiger partial charge in [0.25, 0.3) is 16.0 Å². The minimum Gasteiger partial charge on any atom is -0.441 e. The summed E-state index contributed by atoms with van der Waals surface area (Å²) in [7, 11) is -4.00. The number of hydrogen-bond donors (Lipinski definition) is 3. The third kappa shape index (κ3) is 9.85. The lowest BCUT2D eigenvalue weighted by atomic mass is 9.93. The predicted molar refractivity (Wildman–Crippen MR) is 181 cm³/mol. The van der Waals surface area contributed by atoms with Crippen LogP contribution in [0.5, 0.6) is 0 Å². The summed E-state index contributed by atoms with van der Waals surface area (Å²) in [6, 6.07) is 9.31. The van der Waals surface area contributed by atoms with Crippen LogP contribution >= 0.6 is 11.3 Å². The molecule has 1 fully saturated rings. The Bertz CT molecular complexity index is 2060. The van der Waals surface area contributed by atoms with E-state index in [1.54, 1.807) is 40.7 Å². The average Bonchev–Trinajstić information content (AvgIpc) is 3.90. The Morgan fingerprint density at radius 1 is 1.06 bits per heavy atom. The van der Waals surface area contributed by atoms with Crippen LogP contribution in [0, 0.1) is 11.8 Å². The number of anilines is 1. The Balaban J connectivity index is 0.000000435. The third-order valence-electron chi connectivity index (χ3n) is 7.62. The summed E-state index contributed by atoms with van der Waals surface area (Å²) in [5.74, 6) is -2.76. The van der Waals surface area contributed by atoms with Crippen molar-refractivity contribution in [1.82, 2.24) is 29.5 Å². The Morgan fingerprint density at radius 2 is 1.80 bits per heavy atom. The number of nitrogens with zero attached hydrogens (tertiary/aromatic N) is 6. The van der Waals surface area contributed by atoms with E-state index in [0.29, 0.717) is 17.2 Å². The number of esters is 1. The topological polar surface area (TPSA) is 206 Å². The van der Waals surface area contributed by atoms with E-state index in [4.69, 9.17) is 19.8 Å². The van der Waals surface area contributed by atoms with Gasteiger partial charge in [-0.25, -0.2) is 19.0 Å². The number of pyridine rings is 1. The molecule has 15 nitrogen and oxygen atoms in total. The molecule has 0 spiro atoms. The lowest BCUT2D eigenvalue weighted by molar-refractivity contribution is -0.146. The number of rotatable bonds is 11. The van der Waals surface area contributed by atoms with E-state index < -0.39 is 33.8 Å². The number of amides is 1. The number of nitrogens with one attached hydrogen (secondary N) is 1. The number of nitrogens with two attached hydrogens (primary N) is 1. The number of hydrogen-bond acceptors (Lipinski definition) is 12. The van der Waals surface area contributed by atoms with Crippen LogP contribution in [0.15, 0.2) is 71.3 Å². The molecule has 0 bridgehead atoms. The van der Waals surface area contributed by atoms with E-state index in [1.807, 2.05) is 6.92 Å². The van der Waals surface area contributed by atoms with Crippen molar-refractivity contribution < 1.29 is 40.8 Å². The molecule has 270 valence electrons. The van der Waals surface area contributed by atoms with Crippen LogP contribution in [0.3, 0.4) is 0 Å². The average molecular weight is 745 g/mol. The first-order valence-corrected chi connectivity index (χ1v) is 18.0. The maximum atomic E-state index is 14.7. The van der Waals surface area contributed by atoms with Crippen LogP contribution in [-0.2, 0) is 31.1 Å². The Kier molecular flexibility index (Phi) is 12.3. The van der Waals surface area contributed by atoms with Gasteiger partial charge >= 0.3 is 5.97 Å². The molecule has 0 aliphatic heterocycles. The number of carbonyl (C=O) groups excluding carboxylic acids is 2. The summed E-state index contributed by atoms with van der Waals surface area (Å²) < 4.78 is 71.7. The fourth-order valence-electron chi connectivity index (χ4n) is 5.17. The highest BCUT2D eigenvalue weighted by atomic mass is 32.2. The molecule has 4 heterocycles. The molecule has 1 aromatic carbocycles. The molecule has 4 aromatic heterocycles. The molecule has 0 atom stereocenters. The van der Waals surface area contributed by atoms with Crippen molar-refractivity contribution >= 4 is 39.0 Å². The summed E-state index contributed by atoms with van der Waals surface area (Å²) in [6.45, 7) is 2.26. The van der Waals surface area contributed by atoms with Gasteiger partial charge < -0.3 is 20.5 Å². The van der Waals surface area contributed by atoms with Crippen molar-refractivity contribution in [1.29, 1.82) is 0 Å². The zero-order chi connectivity index (χ0) is 36.5. The summed E-state index contributed by atoms with van der Waals surface area (Å²) >= 11 is 1.21. The number of aromatic nitrogens is 6. The van der Waals surface area contributed by atoms with Gasteiger partial charge in [-0.3, -0.25) is 18.8 Å². The molecule has 0 radical (unpaired) electrons. The first kappa shape index (κ1) is 37.3. The fourth-order valence-corrected chi connectivity index (χ4v) is 6.45. The van der Waals surface area contributed by atoms with Crippen LogP contribution in [0.4, 0.5) is 14.5 Å². The summed E-state index contributed by atoms with van der Waals surface area (Å²) in [5.41, 5.74) is 5.85. The van der Waals surface area contributed by atoms with Gasteiger partial charge in [0.1, 0.15) is 22.1 Å². The van der Waals surface area contributed by atoms with Gasteiger partial charge in [0.2, 0.25) is 5.95 Å². The lowest BCUT2D eigenvalue weighted by Gasteiger charge is -2.28. The molecular formula is C32H34F2N8O7S2. The van der Waals surface area contributed by atoms with Crippen molar-refractivity contribution in [3.05, 3.63) is 83.9 Å². The van der Waals surface area contributed by atoms with E-state index in [0.717, 1.165) is 37.8 Å². The SMILES string of the molecule is CCOC1CCC(n2cc(NC(=O)c3csc(-c4cnn(COC(=O)CN)c4)n3)c(-c3nc(F)ccc3F)n2)CC1.O=S(=O)(O)c1ccccc1. The van der Waals surface area contributed by atoms with Crippen LogP contribution in [-0.4, -0.2) is 73.6 Å². The van der Waals surface area contributed by atoms with E-state index in [9.17, 15) is 26.8 Å². The molecular weight excluding hydrogens is 711 g/mol. The minimum absolute atomic E-state index is 0.000680. The highest BCUT2D eigenvalue weighted by molar-refractivity contribution is 7.85. The fraction of sp³-hybridized carbons (Fsp3) is 0.312. The Morgan fingerprint density at radius 3 is 2.47 bits per heavy atom. The maximum absolute atomic E-state index is 14.7. The molecule has 1 aliphatic rings. The number of benzene rings is 1. The van der Waals surface area contributed by atoms with E-state index in [2.05, 4.69) is 25.5 Å². The van der Waals surface area contributed by atoms with Crippen LogP contribution in [0.25, 0.3) is 22.0 Å². The van der Waals surface area contributed by atoms with Crippen molar-refractivity contribution in [3.8, 4) is 22.0 Å². The molecule has 5 aromatic rings. The van der Waals surface area contributed by atoms with Gasteiger partial charge in [0.05, 0.1) is 35.5 Å². The second-order valence-electron chi connectivity index (χ2n) is 11.1. The molecule has 1 saturated carbocycles. The predicted octanol–water partition coefficient (Wildman–Crippen LogP) is 4.71. The first-order valence-electron chi connectivity index (χ1n) is 15.7. The number of carbonyl (C=O) groups is 2. The summed E-state index contributed by atoms with van der Waals surface area (Å²) in [4.78, 5) is 32.5. The number of halogens is 2. The molecule has 6 rings (SSSR count). The van der Waals surface area contributed by atoms with Gasteiger partial charge in [-0.1, -0.05) is 18.2 Å². The first-order chi connectivity index (χ1) is 24.4. The largest absolute Gasteiger partial charge is 0.441 e. The highest BCUT2D eigenvalue weighted by Crippen LogP contribution is 2.34. The molecule has 0 unspecified atom stereocenters. The van der Waals surface area contributed by atoms with Crippen LogP contribution in [0.2, 0.25) is 0 Å².